The normalized spacial score (nSPS) is 16.7. The molecule has 174 valence electrons. The first-order valence-corrected chi connectivity index (χ1v) is 10.9. The van der Waals surface area contributed by atoms with Crippen molar-refractivity contribution in [1.29, 1.82) is 0 Å². The van der Waals surface area contributed by atoms with Gasteiger partial charge in [-0.25, -0.2) is 9.80 Å². The molecule has 1 aromatic heterocycles. The zero-order chi connectivity index (χ0) is 24.2. The third-order valence-corrected chi connectivity index (χ3v) is 5.74. The van der Waals surface area contributed by atoms with Gasteiger partial charge in [0.05, 0.1) is 17.1 Å². The molecule has 0 fully saturated rings. The van der Waals surface area contributed by atoms with E-state index in [-0.39, 0.29) is 30.8 Å². The van der Waals surface area contributed by atoms with E-state index in [1.165, 1.54) is 5.01 Å². The van der Waals surface area contributed by atoms with E-state index in [4.69, 9.17) is 5.73 Å². The number of primary amides is 1. The van der Waals surface area contributed by atoms with Crippen LogP contribution in [0.1, 0.15) is 24.9 Å². The van der Waals surface area contributed by atoms with Gasteiger partial charge in [-0.1, -0.05) is 36.4 Å². The van der Waals surface area contributed by atoms with Crippen LogP contribution in [0.25, 0.3) is 10.9 Å². The standard InChI is InChI=1S/C25H25N5O4/c1-2-29-24(32)22(28-19-12-6-11-18-17(19)10-7-14-27-18)21(25(33)34)23(16-8-4-3-5-9-16)30(29)15-13-20(26)31/h3-12,14,23,28H,2,13,15H2,1H3,(H2,26,31)(H,33,34). The topological polar surface area (TPSA) is 129 Å². The highest BCUT2D eigenvalue weighted by Gasteiger charge is 2.43. The van der Waals surface area contributed by atoms with E-state index in [0.29, 0.717) is 16.8 Å². The van der Waals surface area contributed by atoms with Gasteiger partial charge in [0, 0.05) is 36.8 Å². The van der Waals surface area contributed by atoms with Gasteiger partial charge in [-0.2, -0.15) is 0 Å². The molecule has 1 unspecified atom stereocenters. The van der Waals surface area contributed by atoms with E-state index in [1.807, 2.05) is 18.2 Å². The molecule has 2 heterocycles. The van der Waals surface area contributed by atoms with Crippen molar-refractivity contribution in [3.63, 3.8) is 0 Å². The lowest BCUT2D eigenvalue weighted by Crippen LogP contribution is -2.55. The third kappa shape index (κ3) is 4.33. The largest absolute Gasteiger partial charge is 0.478 e. The summed E-state index contributed by atoms with van der Waals surface area (Å²) in [7, 11) is 0. The quantitative estimate of drug-likeness (QED) is 0.472. The van der Waals surface area contributed by atoms with Crippen molar-refractivity contribution in [3.05, 3.63) is 83.7 Å². The van der Waals surface area contributed by atoms with Gasteiger partial charge < -0.3 is 16.2 Å². The van der Waals surface area contributed by atoms with Crippen molar-refractivity contribution in [2.45, 2.75) is 19.4 Å². The average Bonchev–Trinajstić information content (AvgIpc) is 2.84. The average molecular weight is 460 g/mol. The molecule has 2 amide bonds. The van der Waals surface area contributed by atoms with Crippen LogP contribution in [-0.2, 0) is 14.4 Å². The summed E-state index contributed by atoms with van der Waals surface area (Å²) in [5.41, 5.74) is 7.20. The van der Waals surface area contributed by atoms with Crippen molar-refractivity contribution < 1.29 is 19.5 Å². The number of hydrogen-bond acceptors (Lipinski definition) is 6. The maximum atomic E-state index is 13.6. The number of carbonyl (C=O) groups excluding carboxylic acids is 2. The molecule has 3 aromatic rings. The Morgan fingerprint density at radius 3 is 2.53 bits per heavy atom. The number of nitrogens with zero attached hydrogens (tertiary/aromatic N) is 3. The Morgan fingerprint density at radius 2 is 1.85 bits per heavy atom. The predicted octanol–water partition coefficient (Wildman–Crippen LogP) is 2.68. The molecule has 0 saturated heterocycles. The molecule has 0 bridgehead atoms. The molecule has 1 aliphatic heterocycles. The molecule has 9 heteroatoms. The fourth-order valence-electron chi connectivity index (χ4n) is 4.25. The molecule has 0 spiro atoms. The number of likely N-dealkylation sites (N-methyl/N-ethyl adjacent to an activating group) is 1. The molecule has 2 aromatic carbocycles. The molecule has 9 nitrogen and oxygen atoms in total. The summed E-state index contributed by atoms with van der Waals surface area (Å²) in [4.78, 5) is 42.1. The van der Waals surface area contributed by atoms with E-state index in [1.54, 1.807) is 60.6 Å². The van der Waals surface area contributed by atoms with Crippen molar-refractivity contribution >= 4 is 34.4 Å². The number of hydrazine groups is 1. The number of pyridine rings is 1. The van der Waals surface area contributed by atoms with E-state index < -0.39 is 23.8 Å². The summed E-state index contributed by atoms with van der Waals surface area (Å²) < 4.78 is 0. The SMILES string of the molecule is CCN1C(=O)C(Nc2cccc3ncccc23)=C(C(=O)O)C(c2ccccc2)N1CCC(N)=O. The van der Waals surface area contributed by atoms with Crippen LogP contribution < -0.4 is 11.1 Å². The number of carboxylic acids is 1. The van der Waals surface area contributed by atoms with Gasteiger partial charge in [-0.05, 0) is 36.8 Å². The Labute approximate surface area is 196 Å². The third-order valence-electron chi connectivity index (χ3n) is 5.74. The minimum Gasteiger partial charge on any atom is -0.478 e. The Balaban J connectivity index is 1.91. The van der Waals surface area contributed by atoms with Gasteiger partial charge in [0.2, 0.25) is 5.91 Å². The summed E-state index contributed by atoms with van der Waals surface area (Å²) >= 11 is 0. The Hall–Kier alpha value is -4.24. The maximum absolute atomic E-state index is 13.6. The molecule has 0 saturated carbocycles. The fourth-order valence-corrected chi connectivity index (χ4v) is 4.25. The van der Waals surface area contributed by atoms with Crippen molar-refractivity contribution in [3.8, 4) is 0 Å². The van der Waals surface area contributed by atoms with Crippen LogP contribution >= 0.6 is 0 Å². The highest BCUT2D eigenvalue weighted by atomic mass is 16.4. The molecule has 34 heavy (non-hydrogen) atoms. The number of carbonyl (C=O) groups is 3. The second kappa shape index (κ2) is 9.72. The molecule has 4 rings (SSSR count). The van der Waals surface area contributed by atoms with Crippen LogP contribution in [-0.4, -0.2) is 51.0 Å². The number of aliphatic carboxylic acids is 1. The minimum atomic E-state index is -1.23. The second-order valence-corrected chi connectivity index (χ2v) is 7.81. The monoisotopic (exact) mass is 459 g/mol. The Kier molecular flexibility index (Phi) is 6.55. The van der Waals surface area contributed by atoms with Crippen LogP contribution in [0.3, 0.4) is 0 Å². The number of benzene rings is 2. The lowest BCUT2D eigenvalue weighted by Gasteiger charge is -2.44. The van der Waals surface area contributed by atoms with E-state index in [9.17, 15) is 19.5 Å². The van der Waals surface area contributed by atoms with Gasteiger partial charge in [-0.3, -0.25) is 19.6 Å². The van der Waals surface area contributed by atoms with Crippen molar-refractivity contribution in [2.24, 2.45) is 5.73 Å². The van der Waals surface area contributed by atoms with Gasteiger partial charge in [0.1, 0.15) is 5.70 Å². The summed E-state index contributed by atoms with van der Waals surface area (Å²) in [6, 6.07) is 17.3. The first-order chi connectivity index (χ1) is 16.4. The smallest absolute Gasteiger partial charge is 0.335 e. The van der Waals surface area contributed by atoms with E-state index in [0.717, 1.165) is 5.39 Å². The second-order valence-electron chi connectivity index (χ2n) is 7.81. The van der Waals surface area contributed by atoms with Crippen molar-refractivity contribution in [2.75, 3.05) is 18.4 Å². The first kappa shape index (κ1) is 22.9. The zero-order valence-electron chi connectivity index (χ0n) is 18.6. The number of aromatic nitrogens is 1. The molecule has 1 atom stereocenters. The number of nitrogens with one attached hydrogen (secondary N) is 1. The number of anilines is 1. The van der Waals surface area contributed by atoms with Gasteiger partial charge >= 0.3 is 5.97 Å². The fraction of sp³-hybridized carbons (Fsp3) is 0.200. The number of fused-ring (bicyclic) bond motifs is 1. The molecule has 4 N–H and O–H groups in total. The molecular weight excluding hydrogens is 434 g/mol. The number of rotatable bonds is 8. The van der Waals surface area contributed by atoms with Crippen LogP contribution in [0.15, 0.2) is 78.1 Å². The lowest BCUT2D eigenvalue weighted by molar-refractivity contribution is -0.155. The van der Waals surface area contributed by atoms with Crippen LogP contribution in [0.4, 0.5) is 5.69 Å². The summed E-state index contributed by atoms with van der Waals surface area (Å²) in [6.07, 6.45) is 1.64. The number of carboxylic acid groups (broad SMARTS) is 1. The minimum absolute atomic E-state index is 0.0300. The zero-order valence-corrected chi connectivity index (χ0v) is 18.6. The molecular formula is C25H25N5O4. The van der Waals surface area contributed by atoms with Gasteiger partial charge in [0.15, 0.2) is 0 Å². The first-order valence-electron chi connectivity index (χ1n) is 10.9. The van der Waals surface area contributed by atoms with Gasteiger partial charge in [-0.15, -0.1) is 0 Å². The number of amides is 2. The van der Waals surface area contributed by atoms with Crippen LogP contribution in [0.5, 0.6) is 0 Å². The van der Waals surface area contributed by atoms with E-state index in [2.05, 4.69) is 10.3 Å². The highest BCUT2D eigenvalue weighted by Crippen LogP contribution is 2.38. The summed E-state index contributed by atoms with van der Waals surface area (Å²) in [6.45, 7) is 2.16. The molecule has 1 aliphatic rings. The summed E-state index contributed by atoms with van der Waals surface area (Å²) in [5.74, 6) is -2.27. The Morgan fingerprint density at radius 1 is 1.09 bits per heavy atom. The molecule has 0 radical (unpaired) electrons. The van der Waals surface area contributed by atoms with Gasteiger partial charge in [0.25, 0.3) is 5.91 Å². The predicted molar refractivity (Wildman–Crippen MR) is 127 cm³/mol. The lowest BCUT2D eigenvalue weighted by atomic mass is 9.93. The van der Waals surface area contributed by atoms with E-state index >= 15 is 0 Å². The highest BCUT2D eigenvalue weighted by molar-refractivity contribution is 6.07. The summed E-state index contributed by atoms with van der Waals surface area (Å²) in [5, 5.41) is 17.2. The number of nitrogens with two attached hydrogens (primary N) is 1. The van der Waals surface area contributed by atoms with Crippen molar-refractivity contribution in [1.82, 2.24) is 15.0 Å². The van der Waals surface area contributed by atoms with Crippen LogP contribution in [0.2, 0.25) is 0 Å². The van der Waals surface area contributed by atoms with Crippen LogP contribution in [0, 0.1) is 0 Å². The molecule has 0 aliphatic carbocycles. The Bertz CT molecular complexity index is 1270. The number of hydrogen-bond donors (Lipinski definition) is 3. The maximum Gasteiger partial charge on any atom is 0.335 e.